The molecule has 0 bridgehead atoms. The lowest BCUT2D eigenvalue weighted by molar-refractivity contribution is 0.368. The molecule has 0 radical (unpaired) electrons. The fourth-order valence-corrected chi connectivity index (χ4v) is 2.65. The van der Waals surface area contributed by atoms with Crippen LogP contribution in [0.3, 0.4) is 0 Å². The average molecular weight is 332 g/mol. The van der Waals surface area contributed by atoms with Crippen LogP contribution >= 0.6 is 0 Å². The predicted molar refractivity (Wildman–Crippen MR) is 90.8 cm³/mol. The molecule has 21 heavy (non-hydrogen) atoms. The van der Waals surface area contributed by atoms with Crippen LogP contribution in [0, 0.1) is 0 Å². The number of hydrogen-bond acceptors (Lipinski definition) is 0. The Bertz CT molecular complexity index is 169. The molecule has 0 aromatic carbocycles. The van der Waals surface area contributed by atoms with Crippen molar-refractivity contribution in [1.29, 1.82) is 0 Å². The summed E-state index contributed by atoms with van der Waals surface area (Å²) in [5.74, 6) is 1.41. The van der Waals surface area contributed by atoms with E-state index in [1.54, 1.807) is 11.8 Å². The molecule has 0 aliphatic rings. The van der Waals surface area contributed by atoms with Gasteiger partial charge in [-0.1, -0.05) is 71.1 Å². The third-order valence-corrected chi connectivity index (χ3v) is 4.00. The highest BCUT2D eigenvalue weighted by Gasteiger charge is 2.20. The van der Waals surface area contributed by atoms with Crippen LogP contribution in [0.25, 0.3) is 0 Å². The van der Waals surface area contributed by atoms with Gasteiger partial charge in [0.2, 0.25) is 0 Å². The Morgan fingerprint density at radius 2 is 0.905 bits per heavy atom. The minimum atomic E-state index is -6.00. The van der Waals surface area contributed by atoms with Crippen molar-refractivity contribution in [3.05, 3.63) is 0 Å². The second-order valence-corrected chi connectivity index (χ2v) is 6.50. The van der Waals surface area contributed by atoms with Crippen LogP contribution in [0.15, 0.2) is 0 Å². The largest absolute Gasteiger partial charge is 0.673 e. The normalized spacial score (nSPS) is 11.1. The van der Waals surface area contributed by atoms with Crippen LogP contribution < -0.4 is 0 Å². The molecule has 0 saturated heterocycles. The second-order valence-electron chi connectivity index (χ2n) is 5.42. The molecule has 130 valence electrons. The molecule has 0 spiro atoms. The summed E-state index contributed by atoms with van der Waals surface area (Å²) in [5.41, 5.74) is 0. The van der Waals surface area contributed by atoms with Gasteiger partial charge in [-0.15, -0.1) is 0 Å². The molecule has 0 heterocycles. The van der Waals surface area contributed by atoms with Crippen LogP contribution in [0.5, 0.6) is 0 Å². The van der Waals surface area contributed by atoms with E-state index in [1.807, 2.05) is 0 Å². The summed E-state index contributed by atoms with van der Waals surface area (Å²) >= 11 is 1.58. The molecule has 0 N–H and O–H groups in total. The van der Waals surface area contributed by atoms with Gasteiger partial charge in [0.15, 0.2) is 0 Å². The summed E-state index contributed by atoms with van der Waals surface area (Å²) in [7, 11) is -6.00. The van der Waals surface area contributed by atoms with E-state index < -0.39 is 7.25 Å². The first kappa shape index (κ1) is 23.4. The van der Waals surface area contributed by atoms with E-state index in [4.69, 9.17) is 0 Å². The van der Waals surface area contributed by atoms with E-state index in [9.17, 15) is 17.3 Å². The zero-order valence-electron chi connectivity index (χ0n) is 13.7. The number of hydrogen-bond donors (Lipinski definition) is 0. The third kappa shape index (κ3) is 38.4. The van der Waals surface area contributed by atoms with Crippen molar-refractivity contribution in [2.24, 2.45) is 0 Å². The topological polar surface area (TPSA) is 0 Å². The molecule has 0 aromatic rings. The Kier molecular flexibility index (Phi) is 20.3. The zero-order chi connectivity index (χ0) is 16.4. The molecule has 0 nitrogen and oxygen atoms in total. The van der Waals surface area contributed by atoms with Crippen molar-refractivity contribution in [2.45, 2.75) is 84.0 Å². The maximum Gasteiger partial charge on any atom is 0.673 e. The molecule has 0 amide bonds. The van der Waals surface area contributed by atoms with Gasteiger partial charge in [0, 0.05) is 0 Å². The highest BCUT2D eigenvalue weighted by molar-refractivity contribution is 7.77. The minimum Gasteiger partial charge on any atom is -0.418 e. The SMILES string of the molecule is CCCCCCCCCCCCCC[SH+]C.F[B-](F)(F)F. The van der Waals surface area contributed by atoms with Crippen molar-refractivity contribution in [2.75, 3.05) is 12.0 Å². The maximum absolute atomic E-state index is 9.75. The van der Waals surface area contributed by atoms with Crippen molar-refractivity contribution in [3.8, 4) is 0 Å². The average Bonchev–Trinajstić information content (AvgIpc) is 2.38. The summed E-state index contributed by atoms with van der Waals surface area (Å²) in [6.07, 6.45) is 19.8. The van der Waals surface area contributed by atoms with E-state index in [-0.39, 0.29) is 0 Å². The molecule has 0 aromatic heterocycles. The number of thiol groups is 1. The molecule has 0 aliphatic carbocycles. The lowest BCUT2D eigenvalue weighted by Crippen LogP contribution is -2.02. The molecule has 0 saturated carbocycles. The van der Waals surface area contributed by atoms with Crippen LogP contribution in [0.2, 0.25) is 0 Å². The summed E-state index contributed by atoms with van der Waals surface area (Å²) in [4.78, 5) is 0. The van der Waals surface area contributed by atoms with Gasteiger partial charge in [0.05, 0.1) is 6.26 Å². The first-order valence-corrected chi connectivity index (χ1v) is 9.87. The Labute approximate surface area is 132 Å². The fraction of sp³-hybridized carbons (Fsp3) is 1.00. The number of rotatable bonds is 13. The van der Waals surface area contributed by atoms with Crippen LogP contribution in [0.4, 0.5) is 17.3 Å². The van der Waals surface area contributed by atoms with E-state index in [0.29, 0.717) is 0 Å². The van der Waals surface area contributed by atoms with Crippen LogP contribution in [-0.4, -0.2) is 19.3 Å². The van der Waals surface area contributed by atoms with Gasteiger partial charge in [0.1, 0.15) is 5.75 Å². The van der Waals surface area contributed by atoms with Gasteiger partial charge in [-0.2, -0.15) is 0 Å². The first-order chi connectivity index (χ1) is 9.91. The highest BCUT2D eigenvalue weighted by atomic mass is 32.2. The van der Waals surface area contributed by atoms with Gasteiger partial charge in [-0.3, -0.25) is 0 Å². The van der Waals surface area contributed by atoms with Gasteiger partial charge >= 0.3 is 7.25 Å². The van der Waals surface area contributed by atoms with Crippen LogP contribution in [-0.2, 0) is 11.8 Å². The third-order valence-electron chi connectivity index (χ3n) is 3.24. The molecule has 0 unspecified atom stereocenters. The monoisotopic (exact) mass is 332 g/mol. The Hall–Kier alpha value is 0.135. The standard InChI is InChI=1S/C15H32S.BF4/c1-3-4-5-6-7-8-9-10-11-12-13-14-15-16-2;2-1(3,4)5/h3-15H2,1-2H3;/q;-1/p+1. The lowest BCUT2D eigenvalue weighted by Gasteiger charge is -2.01. The predicted octanol–water partition coefficient (Wildman–Crippen LogP) is 6.43. The van der Waals surface area contributed by atoms with Gasteiger partial charge in [-0.05, 0) is 24.6 Å². The summed E-state index contributed by atoms with van der Waals surface area (Å²) in [6, 6.07) is 0. The van der Waals surface area contributed by atoms with Crippen molar-refractivity contribution in [3.63, 3.8) is 0 Å². The molecular weight excluding hydrogens is 299 g/mol. The molecule has 0 rings (SSSR count). The number of halogens is 4. The summed E-state index contributed by atoms with van der Waals surface area (Å²) in [5, 5.41) is 0. The Morgan fingerprint density at radius 1 is 0.619 bits per heavy atom. The van der Waals surface area contributed by atoms with E-state index in [1.165, 1.54) is 82.8 Å². The van der Waals surface area contributed by atoms with Crippen molar-refractivity contribution < 1.29 is 17.3 Å². The van der Waals surface area contributed by atoms with E-state index in [2.05, 4.69) is 13.2 Å². The molecule has 6 heteroatoms. The molecule has 0 fully saturated rings. The van der Waals surface area contributed by atoms with Gasteiger partial charge in [-0.25, -0.2) is 0 Å². The van der Waals surface area contributed by atoms with E-state index >= 15 is 0 Å². The summed E-state index contributed by atoms with van der Waals surface area (Å²) in [6.45, 7) is 2.29. The smallest absolute Gasteiger partial charge is 0.418 e. The Balaban J connectivity index is 0. The quantitative estimate of drug-likeness (QED) is 0.120. The highest BCUT2D eigenvalue weighted by Crippen LogP contribution is 2.11. The Morgan fingerprint density at radius 3 is 1.19 bits per heavy atom. The lowest BCUT2D eigenvalue weighted by atomic mass is 10.1. The summed E-state index contributed by atoms with van der Waals surface area (Å²) < 4.78 is 39.0. The van der Waals surface area contributed by atoms with Crippen molar-refractivity contribution in [1.82, 2.24) is 0 Å². The fourth-order valence-electron chi connectivity index (χ4n) is 2.11. The molecule has 0 aliphatic heterocycles. The zero-order valence-corrected chi connectivity index (χ0v) is 14.6. The molecular formula is C15H33BF4S. The van der Waals surface area contributed by atoms with Gasteiger partial charge in [0.25, 0.3) is 0 Å². The van der Waals surface area contributed by atoms with Crippen molar-refractivity contribution >= 4 is 19.0 Å². The van der Waals surface area contributed by atoms with E-state index in [0.717, 1.165) is 0 Å². The number of unbranched alkanes of at least 4 members (excludes halogenated alkanes) is 11. The maximum atomic E-state index is 9.75. The first-order valence-electron chi connectivity index (χ1n) is 8.34. The van der Waals surface area contributed by atoms with Gasteiger partial charge < -0.3 is 17.3 Å². The molecule has 0 atom stereocenters. The minimum absolute atomic E-state index is 1.37. The second kappa shape index (κ2) is 18.2. The van der Waals surface area contributed by atoms with Crippen LogP contribution in [0.1, 0.15) is 84.0 Å².